The summed E-state index contributed by atoms with van der Waals surface area (Å²) in [4.78, 5) is 0. The van der Waals surface area contributed by atoms with Crippen molar-refractivity contribution in [2.75, 3.05) is 13.6 Å². The summed E-state index contributed by atoms with van der Waals surface area (Å²) in [6.07, 6.45) is 5.08. The van der Waals surface area contributed by atoms with E-state index in [-0.39, 0.29) is 6.54 Å². The first-order valence-electron chi connectivity index (χ1n) is 4.05. The van der Waals surface area contributed by atoms with E-state index in [0.717, 1.165) is 13.7 Å². The van der Waals surface area contributed by atoms with Gasteiger partial charge in [-0.15, -0.1) is 17.8 Å². The van der Waals surface area contributed by atoms with Gasteiger partial charge >= 0.3 is 0 Å². The molecule has 0 spiro atoms. The number of sulfonamides is 1. The Balaban J connectivity index is 3.13. The molecule has 1 heterocycles. The van der Waals surface area contributed by atoms with Crippen molar-refractivity contribution in [2.24, 2.45) is 0 Å². The Morgan fingerprint density at radius 2 is 2.27 bits per heavy atom. The fraction of sp³-hybridized carbons (Fsp3) is 0.333. The minimum atomic E-state index is -3.42. The Bertz CT molecular complexity index is 479. The molecule has 0 N–H and O–H groups in total. The van der Waals surface area contributed by atoms with Crippen LogP contribution in [0.15, 0.2) is 14.1 Å². The normalized spacial score (nSPS) is 11.7. The lowest BCUT2D eigenvalue weighted by Crippen LogP contribution is -2.26. The lowest BCUT2D eigenvalue weighted by Gasteiger charge is -2.11. The second-order valence-corrected chi connectivity index (χ2v) is 7.63. The number of halogens is 1. The van der Waals surface area contributed by atoms with Crippen molar-refractivity contribution >= 4 is 37.3 Å². The van der Waals surface area contributed by atoms with Gasteiger partial charge in [-0.25, -0.2) is 8.42 Å². The predicted octanol–water partition coefficient (Wildman–Crippen LogP) is 2.07. The predicted molar refractivity (Wildman–Crippen MR) is 65.4 cm³/mol. The molecule has 0 aromatic carbocycles. The fourth-order valence-corrected chi connectivity index (χ4v) is 4.45. The zero-order chi connectivity index (χ0) is 11.6. The third kappa shape index (κ3) is 2.61. The Hall–Kier alpha value is -0.350. The first-order valence-corrected chi connectivity index (χ1v) is 7.10. The van der Waals surface area contributed by atoms with E-state index in [1.807, 2.05) is 6.92 Å². The molecular formula is C9H10BrNO2S2. The molecule has 82 valence electrons. The quantitative estimate of drug-likeness (QED) is 0.802. The van der Waals surface area contributed by atoms with Gasteiger partial charge in [-0.1, -0.05) is 5.92 Å². The van der Waals surface area contributed by atoms with E-state index in [1.165, 1.54) is 18.4 Å². The van der Waals surface area contributed by atoms with Crippen LogP contribution in [0.3, 0.4) is 0 Å². The summed E-state index contributed by atoms with van der Waals surface area (Å²) in [5.74, 6) is 2.30. The van der Waals surface area contributed by atoms with Gasteiger partial charge in [0.1, 0.15) is 4.21 Å². The zero-order valence-electron chi connectivity index (χ0n) is 8.32. The molecule has 0 aliphatic heterocycles. The van der Waals surface area contributed by atoms with Gasteiger partial charge in [0.2, 0.25) is 0 Å². The van der Waals surface area contributed by atoms with Crippen LogP contribution in [0, 0.1) is 19.3 Å². The fourth-order valence-electron chi connectivity index (χ4n) is 0.926. The van der Waals surface area contributed by atoms with Crippen LogP contribution in [0.5, 0.6) is 0 Å². The van der Waals surface area contributed by atoms with Gasteiger partial charge < -0.3 is 0 Å². The Morgan fingerprint density at radius 1 is 1.67 bits per heavy atom. The summed E-state index contributed by atoms with van der Waals surface area (Å²) in [5, 5.41) is 0. The molecule has 0 radical (unpaired) electrons. The molecular weight excluding hydrogens is 298 g/mol. The largest absolute Gasteiger partial charge is 0.253 e. The summed E-state index contributed by atoms with van der Waals surface area (Å²) >= 11 is 4.49. The standard InChI is InChI=1S/C9H10BrNO2S2/c1-4-5-11(3)15(12,13)8-6-7(2)9(10)14-8/h1,6H,5H2,2-3H3. The van der Waals surface area contributed by atoms with Crippen LogP contribution < -0.4 is 0 Å². The molecule has 15 heavy (non-hydrogen) atoms. The lowest BCUT2D eigenvalue weighted by molar-refractivity contribution is 0.505. The molecule has 0 atom stereocenters. The maximum Gasteiger partial charge on any atom is 0.253 e. The van der Waals surface area contributed by atoms with Gasteiger partial charge in [0.15, 0.2) is 0 Å². The highest BCUT2D eigenvalue weighted by molar-refractivity contribution is 9.11. The monoisotopic (exact) mass is 307 g/mol. The molecule has 0 aliphatic carbocycles. The van der Waals surface area contributed by atoms with Crippen molar-refractivity contribution in [3.63, 3.8) is 0 Å². The second-order valence-electron chi connectivity index (χ2n) is 2.99. The number of nitrogens with zero attached hydrogens (tertiary/aromatic N) is 1. The van der Waals surface area contributed by atoms with Gasteiger partial charge in [0, 0.05) is 7.05 Å². The first-order chi connectivity index (χ1) is 6.89. The molecule has 1 aromatic rings. The molecule has 6 heteroatoms. The first kappa shape index (κ1) is 12.7. The van der Waals surface area contributed by atoms with Gasteiger partial charge in [0.25, 0.3) is 10.0 Å². The molecule has 0 unspecified atom stereocenters. The molecule has 1 aromatic heterocycles. The van der Waals surface area contributed by atoms with Crippen LogP contribution in [0.1, 0.15) is 5.56 Å². The number of hydrogen-bond donors (Lipinski definition) is 0. The van der Waals surface area contributed by atoms with Crippen LogP contribution in [0.2, 0.25) is 0 Å². The van der Waals surface area contributed by atoms with E-state index in [9.17, 15) is 8.42 Å². The molecule has 0 bridgehead atoms. The van der Waals surface area contributed by atoms with Crippen LogP contribution >= 0.6 is 27.3 Å². The molecule has 3 nitrogen and oxygen atoms in total. The Labute approximate surface area is 102 Å². The average molecular weight is 308 g/mol. The van der Waals surface area contributed by atoms with Gasteiger partial charge in [-0.3, -0.25) is 0 Å². The number of rotatable bonds is 3. The lowest BCUT2D eigenvalue weighted by atomic mass is 10.4. The molecule has 0 saturated heterocycles. The molecule has 1 rings (SSSR count). The van der Waals surface area contributed by atoms with Crippen molar-refractivity contribution in [3.8, 4) is 12.3 Å². The minimum Gasteiger partial charge on any atom is -0.206 e. The number of aryl methyl sites for hydroxylation is 1. The van der Waals surface area contributed by atoms with Crippen molar-refractivity contribution in [1.29, 1.82) is 0 Å². The van der Waals surface area contributed by atoms with E-state index in [2.05, 4.69) is 21.9 Å². The van der Waals surface area contributed by atoms with Gasteiger partial charge in [-0.2, -0.15) is 4.31 Å². The Morgan fingerprint density at radius 3 is 2.67 bits per heavy atom. The maximum atomic E-state index is 11.9. The summed E-state index contributed by atoms with van der Waals surface area (Å²) in [5.41, 5.74) is 0.910. The van der Waals surface area contributed by atoms with Crippen LogP contribution in [0.25, 0.3) is 0 Å². The second kappa shape index (κ2) is 4.66. The van der Waals surface area contributed by atoms with Crippen molar-refractivity contribution in [2.45, 2.75) is 11.1 Å². The highest BCUT2D eigenvalue weighted by atomic mass is 79.9. The molecule has 0 aliphatic rings. The van der Waals surface area contributed by atoms with E-state index in [1.54, 1.807) is 6.07 Å². The smallest absolute Gasteiger partial charge is 0.206 e. The third-order valence-electron chi connectivity index (χ3n) is 1.81. The van der Waals surface area contributed by atoms with Crippen molar-refractivity contribution in [1.82, 2.24) is 4.31 Å². The van der Waals surface area contributed by atoms with Crippen molar-refractivity contribution in [3.05, 3.63) is 15.4 Å². The van der Waals surface area contributed by atoms with E-state index < -0.39 is 10.0 Å². The highest BCUT2D eigenvalue weighted by Crippen LogP contribution is 2.31. The third-order valence-corrected chi connectivity index (χ3v) is 6.20. The summed E-state index contributed by atoms with van der Waals surface area (Å²) < 4.78 is 26.1. The van der Waals surface area contributed by atoms with Crippen LogP contribution in [-0.4, -0.2) is 26.3 Å². The zero-order valence-corrected chi connectivity index (χ0v) is 11.5. The number of thiophene rings is 1. The Kier molecular flexibility index (Phi) is 3.95. The SMILES string of the molecule is C#CCN(C)S(=O)(=O)c1cc(C)c(Br)s1. The molecule has 0 amide bonds. The summed E-state index contributed by atoms with van der Waals surface area (Å²) in [7, 11) is -1.95. The van der Waals surface area contributed by atoms with Gasteiger partial charge in [-0.05, 0) is 34.5 Å². The van der Waals surface area contributed by atoms with Crippen LogP contribution in [0.4, 0.5) is 0 Å². The van der Waals surface area contributed by atoms with Crippen LogP contribution in [-0.2, 0) is 10.0 Å². The number of terminal acetylenes is 1. The molecule has 0 saturated carbocycles. The summed E-state index contributed by atoms with van der Waals surface area (Å²) in [6, 6.07) is 1.64. The highest BCUT2D eigenvalue weighted by Gasteiger charge is 2.22. The minimum absolute atomic E-state index is 0.0803. The maximum absolute atomic E-state index is 11.9. The van der Waals surface area contributed by atoms with Gasteiger partial charge in [0.05, 0.1) is 10.3 Å². The number of hydrogen-bond acceptors (Lipinski definition) is 3. The van der Waals surface area contributed by atoms with E-state index >= 15 is 0 Å². The van der Waals surface area contributed by atoms with Crippen molar-refractivity contribution < 1.29 is 8.42 Å². The summed E-state index contributed by atoms with van der Waals surface area (Å²) in [6.45, 7) is 1.93. The average Bonchev–Trinajstić information content (AvgIpc) is 2.48. The topological polar surface area (TPSA) is 37.4 Å². The van der Waals surface area contributed by atoms with E-state index in [0.29, 0.717) is 4.21 Å². The molecule has 0 fully saturated rings. The van der Waals surface area contributed by atoms with E-state index in [4.69, 9.17) is 6.42 Å².